The van der Waals surface area contributed by atoms with Crippen LogP contribution in [0.5, 0.6) is 0 Å². The Morgan fingerprint density at radius 3 is 2.57 bits per heavy atom. The SMILES string of the molecule is CC(=O)N1CCCC(c2ccc(-c3ccc(CO)cc3)cn2)C1. The Morgan fingerprint density at radius 2 is 1.96 bits per heavy atom. The van der Waals surface area contributed by atoms with Crippen LogP contribution in [0.4, 0.5) is 0 Å². The molecule has 1 N–H and O–H groups in total. The van der Waals surface area contributed by atoms with Gasteiger partial charge in [0.2, 0.25) is 5.91 Å². The van der Waals surface area contributed by atoms with Gasteiger partial charge in [-0.3, -0.25) is 9.78 Å². The largest absolute Gasteiger partial charge is 0.392 e. The molecule has 1 amide bonds. The van der Waals surface area contributed by atoms with Crippen molar-refractivity contribution in [2.75, 3.05) is 13.1 Å². The molecule has 1 atom stereocenters. The molecule has 1 saturated heterocycles. The molecule has 1 aliphatic heterocycles. The highest BCUT2D eigenvalue weighted by Crippen LogP contribution is 2.27. The molecule has 1 fully saturated rings. The van der Waals surface area contributed by atoms with Crippen LogP contribution in [0, 0.1) is 0 Å². The molecule has 0 radical (unpaired) electrons. The van der Waals surface area contributed by atoms with E-state index in [1.807, 2.05) is 35.4 Å². The Kier molecular flexibility index (Phi) is 4.72. The summed E-state index contributed by atoms with van der Waals surface area (Å²) < 4.78 is 0. The number of nitrogens with zero attached hydrogens (tertiary/aromatic N) is 2. The van der Waals surface area contributed by atoms with Gasteiger partial charge in [0.25, 0.3) is 0 Å². The molecule has 3 rings (SSSR count). The minimum absolute atomic E-state index is 0.0613. The highest BCUT2D eigenvalue weighted by molar-refractivity contribution is 5.73. The monoisotopic (exact) mass is 310 g/mol. The summed E-state index contributed by atoms with van der Waals surface area (Å²) in [5.74, 6) is 0.480. The minimum Gasteiger partial charge on any atom is -0.392 e. The fraction of sp³-hybridized carbons (Fsp3) is 0.368. The Hall–Kier alpha value is -2.20. The number of piperidine rings is 1. The molecule has 0 bridgehead atoms. The maximum absolute atomic E-state index is 11.6. The third-order valence-corrected chi connectivity index (χ3v) is 4.54. The van der Waals surface area contributed by atoms with Crippen molar-refractivity contribution in [3.05, 3.63) is 53.9 Å². The predicted molar refractivity (Wildman–Crippen MR) is 89.8 cm³/mol. The first-order valence-corrected chi connectivity index (χ1v) is 8.09. The van der Waals surface area contributed by atoms with Gasteiger partial charge < -0.3 is 10.0 Å². The van der Waals surface area contributed by atoms with Crippen molar-refractivity contribution < 1.29 is 9.90 Å². The van der Waals surface area contributed by atoms with Crippen molar-refractivity contribution in [3.63, 3.8) is 0 Å². The molecule has 1 unspecified atom stereocenters. The molecule has 4 heteroatoms. The second kappa shape index (κ2) is 6.92. The molecule has 0 saturated carbocycles. The number of hydrogen-bond donors (Lipinski definition) is 1. The number of benzene rings is 1. The van der Waals surface area contributed by atoms with Crippen molar-refractivity contribution in [2.24, 2.45) is 0 Å². The summed E-state index contributed by atoms with van der Waals surface area (Å²) in [6, 6.07) is 12.0. The lowest BCUT2D eigenvalue weighted by atomic mass is 9.93. The van der Waals surface area contributed by atoms with Crippen molar-refractivity contribution in [1.29, 1.82) is 0 Å². The normalized spacial score (nSPS) is 18.0. The smallest absolute Gasteiger partial charge is 0.219 e. The second-order valence-corrected chi connectivity index (χ2v) is 6.13. The van der Waals surface area contributed by atoms with Crippen LogP contribution in [0.15, 0.2) is 42.6 Å². The van der Waals surface area contributed by atoms with E-state index in [0.29, 0.717) is 5.92 Å². The topological polar surface area (TPSA) is 53.4 Å². The molecule has 2 aromatic rings. The number of likely N-dealkylation sites (tertiary alicyclic amines) is 1. The second-order valence-electron chi connectivity index (χ2n) is 6.13. The van der Waals surface area contributed by atoms with Crippen molar-refractivity contribution in [1.82, 2.24) is 9.88 Å². The van der Waals surface area contributed by atoms with Gasteiger partial charge in [-0.25, -0.2) is 0 Å². The molecule has 2 heterocycles. The summed E-state index contributed by atoms with van der Waals surface area (Å²) in [7, 11) is 0. The summed E-state index contributed by atoms with van der Waals surface area (Å²) in [4.78, 5) is 18.1. The van der Waals surface area contributed by atoms with Crippen LogP contribution in [0.1, 0.15) is 36.9 Å². The number of aromatic nitrogens is 1. The van der Waals surface area contributed by atoms with Gasteiger partial charge in [0.15, 0.2) is 0 Å². The van der Waals surface area contributed by atoms with E-state index in [0.717, 1.165) is 48.3 Å². The predicted octanol–water partition coefficient (Wildman–Crippen LogP) is 2.97. The average molecular weight is 310 g/mol. The first-order valence-electron chi connectivity index (χ1n) is 8.09. The fourth-order valence-corrected chi connectivity index (χ4v) is 3.12. The van der Waals surface area contributed by atoms with E-state index in [4.69, 9.17) is 5.11 Å². The van der Waals surface area contributed by atoms with Crippen LogP contribution in [-0.4, -0.2) is 34.0 Å². The Balaban J connectivity index is 1.74. The van der Waals surface area contributed by atoms with Crippen LogP contribution >= 0.6 is 0 Å². The van der Waals surface area contributed by atoms with Gasteiger partial charge in [-0.15, -0.1) is 0 Å². The van der Waals surface area contributed by atoms with Crippen LogP contribution in [0.2, 0.25) is 0 Å². The number of hydrogen-bond acceptors (Lipinski definition) is 3. The molecule has 1 aliphatic rings. The van der Waals surface area contributed by atoms with E-state index >= 15 is 0 Å². The van der Waals surface area contributed by atoms with Crippen LogP contribution in [-0.2, 0) is 11.4 Å². The van der Waals surface area contributed by atoms with Crippen molar-refractivity contribution >= 4 is 5.91 Å². The van der Waals surface area contributed by atoms with E-state index in [1.54, 1.807) is 6.92 Å². The third-order valence-electron chi connectivity index (χ3n) is 4.54. The zero-order valence-corrected chi connectivity index (χ0v) is 13.4. The summed E-state index contributed by atoms with van der Waals surface area (Å²) in [6.07, 6.45) is 4.02. The number of aliphatic hydroxyl groups is 1. The lowest BCUT2D eigenvalue weighted by Gasteiger charge is -2.31. The Bertz CT molecular complexity index is 665. The maximum Gasteiger partial charge on any atom is 0.219 e. The number of amides is 1. The molecule has 23 heavy (non-hydrogen) atoms. The minimum atomic E-state index is 0.0613. The van der Waals surface area contributed by atoms with E-state index in [-0.39, 0.29) is 12.5 Å². The number of aliphatic hydroxyl groups excluding tert-OH is 1. The molecule has 0 aliphatic carbocycles. The zero-order valence-electron chi connectivity index (χ0n) is 13.4. The van der Waals surface area contributed by atoms with Crippen molar-refractivity contribution in [3.8, 4) is 11.1 Å². The quantitative estimate of drug-likeness (QED) is 0.948. The molecule has 120 valence electrons. The number of carbonyl (C=O) groups excluding carboxylic acids is 1. The molecule has 1 aromatic heterocycles. The van der Waals surface area contributed by atoms with Gasteiger partial charge in [0.1, 0.15) is 0 Å². The third kappa shape index (κ3) is 3.59. The van der Waals surface area contributed by atoms with E-state index < -0.39 is 0 Å². The van der Waals surface area contributed by atoms with Gasteiger partial charge in [-0.1, -0.05) is 30.3 Å². The summed E-state index contributed by atoms with van der Waals surface area (Å²) in [5.41, 5.74) is 4.13. The standard InChI is InChI=1S/C19H22N2O2/c1-14(23)21-10-2-3-18(12-21)19-9-8-17(11-20-19)16-6-4-15(13-22)5-7-16/h4-9,11,18,22H,2-3,10,12-13H2,1H3. The first-order chi connectivity index (χ1) is 11.2. The van der Waals surface area contributed by atoms with Gasteiger partial charge >= 0.3 is 0 Å². The number of carbonyl (C=O) groups is 1. The molecule has 1 aromatic carbocycles. The number of pyridine rings is 1. The van der Waals surface area contributed by atoms with E-state index in [1.165, 1.54) is 0 Å². The Morgan fingerprint density at radius 1 is 1.22 bits per heavy atom. The van der Waals surface area contributed by atoms with Crippen LogP contribution in [0.25, 0.3) is 11.1 Å². The molecular weight excluding hydrogens is 288 g/mol. The molecule has 0 spiro atoms. The van der Waals surface area contributed by atoms with E-state index in [9.17, 15) is 4.79 Å². The van der Waals surface area contributed by atoms with E-state index in [2.05, 4.69) is 17.1 Å². The summed E-state index contributed by atoms with van der Waals surface area (Å²) in [6.45, 7) is 3.33. The lowest BCUT2D eigenvalue weighted by Crippen LogP contribution is -2.37. The van der Waals surface area contributed by atoms with Gasteiger partial charge in [-0.2, -0.15) is 0 Å². The lowest BCUT2D eigenvalue weighted by molar-refractivity contribution is -0.130. The van der Waals surface area contributed by atoms with Crippen LogP contribution < -0.4 is 0 Å². The average Bonchev–Trinajstić information content (AvgIpc) is 2.62. The van der Waals surface area contributed by atoms with Crippen molar-refractivity contribution in [2.45, 2.75) is 32.3 Å². The summed E-state index contributed by atoms with van der Waals surface area (Å²) >= 11 is 0. The van der Waals surface area contributed by atoms with Gasteiger partial charge in [-0.05, 0) is 30.0 Å². The van der Waals surface area contributed by atoms with Gasteiger partial charge in [0, 0.05) is 43.4 Å². The highest BCUT2D eigenvalue weighted by Gasteiger charge is 2.23. The number of rotatable bonds is 3. The van der Waals surface area contributed by atoms with Gasteiger partial charge in [0.05, 0.1) is 6.61 Å². The fourth-order valence-electron chi connectivity index (χ4n) is 3.12. The van der Waals surface area contributed by atoms with Crippen LogP contribution in [0.3, 0.4) is 0 Å². The first kappa shape index (κ1) is 15.7. The molecular formula is C19H22N2O2. The highest BCUT2D eigenvalue weighted by atomic mass is 16.3. The summed E-state index contributed by atoms with van der Waals surface area (Å²) in [5, 5.41) is 9.10. The molecule has 4 nitrogen and oxygen atoms in total. The zero-order chi connectivity index (χ0) is 16.2. The maximum atomic E-state index is 11.6. The Labute approximate surface area is 136 Å².